The van der Waals surface area contributed by atoms with Crippen LogP contribution in [0.2, 0.25) is 0 Å². The average Bonchev–Trinajstić information content (AvgIpc) is 2.45. The first-order valence-electron chi connectivity index (χ1n) is 6.77. The number of rotatable bonds is 5. The van der Waals surface area contributed by atoms with E-state index >= 15 is 0 Å². The van der Waals surface area contributed by atoms with Crippen molar-refractivity contribution in [2.75, 3.05) is 0 Å². The van der Waals surface area contributed by atoms with E-state index in [4.69, 9.17) is 0 Å². The quantitative estimate of drug-likeness (QED) is 0.890. The van der Waals surface area contributed by atoms with Crippen LogP contribution < -0.4 is 5.56 Å². The summed E-state index contributed by atoms with van der Waals surface area (Å²) in [4.78, 5) is 18.6. The first-order valence-corrected chi connectivity index (χ1v) is 6.77. The Morgan fingerprint density at radius 1 is 1.05 bits per heavy atom. The predicted octanol–water partition coefficient (Wildman–Crippen LogP) is 3.46. The molecule has 3 nitrogen and oxygen atoms in total. The summed E-state index contributed by atoms with van der Waals surface area (Å²) in [5.41, 5.74) is 2.12. The standard InChI is InChI=1S/C16H20N2O/c1-12(14-6-3-4-11-17-14)9-10-13(2)15-7-5-8-16(19)18-15/h3-8,11-13H,9-10H2,1-2H3,(H,18,19). The van der Waals surface area contributed by atoms with Gasteiger partial charge in [-0.15, -0.1) is 0 Å². The summed E-state index contributed by atoms with van der Waals surface area (Å²) >= 11 is 0. The van der Waals surface area contributed by atoms with Gasteiger partial charge in [-0.1, -0.05) is 26.0 Å². The van der Waals surface area contributed by atoms with Crippen LogP contribution in [0.5, 0.6) is 0 Å². The lowest BCUT2D eigenvalue weighted by molar-refractivity contribution is 0.557. The minimum Gasteiger partial charge on any atom is -0.326 e. The van der Waals surface area contributed by atoms with Crippen molar-refractivity contribution >= 4 is 0 Å². The summed E-state index contributed by atoms with van der Waals surface area (Å²) in [7, 11) is 0. The highest BCUT2D eigenvalue weighted by molar-refractivity contribution is 5.11. The Morgan fingerprint density at radius 3 is 2.53 bits per heavy atom. The molecule has 0 aliphatic heterocycles. The molecular weight excluding hydrogens is 236 g/mol. The maximum Gasteiger partial charge on any atom is 0.248 e. The normalized spacial score (nSPS) is 14.0. The second-order valence-corrected chi connectivity index (χ2v) is 5.10. The third-order valence-corrected chi connectivity index (χ3v) is 3.55. The van der Waals surface area contributed by atoms with Crippen LogP contribution in [0, 0.1) is 0 Å². The molecule has 0 fully saturated rings. The van der Waals surface area contributed by atoms with E-state index in [1.165, 1.54) is 0 Å². The third-order valence-electron chi connectivity index (χ3n) is 3.55. The van der Waals surface area contributed by atoms with Crippen molar-refractivity contribution in [2.24, 2.45) is 0 Å². The number of aromatic nitrogens is 2. The van der Waals surface area contributed by atoms with E-state index in [2.05, 4.69) is 29.9 Å². The molecule has 2 aromatic rings. The van der Waals surface area contributed by atoms with Crippen molar-refractivity contribution in [3.63, 3.8) is 0 Å². The molecule has 0 bridgehead atoms. The number of hydrogen-bond acceptors (Lipinski definition) is 2. The first-order chi connectivity index (χ1) is 9.16. The fourth-order valence-corrected chi connectivity index (χ4v) is 2.22. The minimum absolute atomic E-state index is 0.0258. The fourth-order valence-electron chi connectivity index (χ4n) is 2.22. The number of aromatic amines is 1. The second kappa shape index (κ2) is 6.32. The number of pyridine rings is 2. The van der Waals surface area contributed by atoms with E-state index in [0.717, 1.165) is 24.2 Å². The molecule has 0 aliphatic carbocycles. The molecule has 0 aromatic carbocycles. The molecule has 0 saturated heterocycles. The van der Waals surface area contributed by atoms with Crippen LogP contribution in [0.1, 0.15) is 49.9 Å². The Hall–Kier alpha value is -1.90. The second-order valence-electron chi connectivity index (χ2n) is 5.10. The topological polar surface area (TPSA) is 45.8 Å². The highest BCUT2D eigenvalue weighted by Crippen LogP contribution is 2.25. The summed E-state index contributed by atoms with van der Waals surface area (Å²) in [6, 6.07) is 11.4. The molecule has 0 aliphatic rings. The van der Waals surface area contributed by atoms with E-state index in [-0.39, 0.29) is 5.56 Å². The van der Waals surface area contributed by atoms with Crippen molar-refractivity contribution in [1.29, 1.82) is 0 Å². The van der Waals surface area contributed by atoms with Gasteiger partial charge in [-0.05, 0) is 42.9 Å². The first kappa shape index (κ1) is 13.5. The molecule has 2 atom stereocenters. The molecule has 2 aromatic heterocycles. The van der Waals surface area contributed by atoms with Crippen LogP contribution in [0.4, 0.5) is 0 Å². The van der Waals surface area contributed by atoms with E-state index in [0.29, 0.717) is 11.8 Å². The van der Waals surface area contributed by atoms with Gasteiger partial charge in [0.15, 0.2) is 0 Å². The van der Waals surface area contributed by atoms with Gasteiger partial charge in [-0.2, -0.15) is 0 Å². The van der Waals surface area contributed by atoms with E-state index in [1.54, 1.807) is 6.07 Å². The van der Waals surface area contributed by atoms with Gasteiger partial charge < -0.3 is 4.98 Å². The van der Waals surface area contributed by atoms with Crippen molar-refractivity contribution in [2.45, 2.75) is 38.5 Å². The van der Waals surface area contributed by atoms with Gasteiger partial charge in [0.25, 0.3) is 0 Å². The molecule has 1 N–H and O–H groups in total. The lowest BCUT2D eigenvalue weighted by Crippen LogP contribution is -2.09. The smallest absolute Gasteiger partial charge is 0.248 e. The van der Waals surface area contributed by atoms with Gasteiger partial charge in [0.1, 0.15) is 0 Å². The zero-order chi connectivity index (χ0) is 13.7. The van der Waals surface area contributed by atoms with Crippen molar-refractivity contribution in [3.05, 3.63) is 64.3 Å². The summed E-state index contributed by atoms with van der Waals surface area (Å²) in [5, 5.41) is 0. The zero-order valence-corrected chi connectivity index (χ0v) is 11.5. The Morgan fingerprint density at radius 2 is 1.84 bits per heavy atom. The molecule has 2 heterocycles. The van der Waals surface area contributed by atoms with Crippen LogP contribution in [0.25, 0.3) is 0 Å². The maximum atomic E-state index is 11.3. The highest BCUT2D eigenvalue weighted by atomic mass is 16.1. The molecule has 100 valence electrons. The zero-order valence-electron chi connectivity index (χ0n) is 11.5. The largest absolute Gasteiger partial charge is 0.326 e. The molecule has 2 unspecified atom stereocenters. The van der Waals surface area contributed by atoms with Crippen LogP contribution in [0.3, 0.4) is 0 Å². The van der Waals surface area contributed by atoms with Crippen LogP contribution in [-0.2, 0) is 0 Å². The monoisotopic (exact) mass is 256 g/mol. The lowest BCUT2D eigenvalue weighted by atomic mass is 9.93. The highest BCUT2D eigenvalue weighted by Gasteiger charge is 2.11. The Labute approximate surface area is 113 Å². The van der Waals surface area contributed by atoms with Crippen LogP contribution in [-0.4, -0.2) is 9.97 Å². The van der Waals surface area contributed by atoms with Gasteiger partial charge in [-0.3, -0.25) is 9.78 Å². The van der Waals surface area contributed by atoms with Gasteiger partial charge >= 0.3 is 0 Å². The molecule has 2 rings (SSSR count). The molecule has 0 amide bonds. The predicted molar refractivity (Wildman–Crippen MR) is 77.4 cm³/mol. The Balaban J connectivity index is 1.94. The molecule has 3 heteroatoms. The third kappa shape index (κ3) is 3.78. The summed E-state index contributed by atoms with van der Waals surface area (Å²) < 4.78 is 0. The number of hydrogen-bond donors (Lipinski definition) is 1. The molecular formula is C16H20N2O. The summed E-state index contributed by atoms with van der Waals surface area (Å²) in [5.74, 6) is 0.805. The van der Waals surface area contributed by atoms with Crippen molar-refractivity contribution in [3.8, 4) is 0 Å². The Bertz CT molecular complexity index is 562. The number of H-pyrrole nitrogens is 1. The molecule has 0 spiro atoms. The SMILES string of the molecule is CC(CCC(C)c1cccc(=O)[nH]1)c1ccccn1. The average molecular weight is 256 g/mol. The fraction of sp³-hybridized carbons (Fsp3) is 0.375. The van der Waals surface area contributed by atoms with Gasteiger partial charge in [0, 0.05) is 23.7 Å². The van der Waals surface area contributed by atoms with Gasteiger partial charge in [-0.25, -0.2) is 0 Å². The molecule has 0 radical (unpaired) electrons. The Kier molecular flexibility index (Phi) is 4.50. The van der Waals surface area contributed by atoms with E-state index < -0.39 is 0 Å². The molecule has 0 saturated carbocycles. The van der Waals surface area contributed by atoms with Crippen molar-refractivity contribution in [1.82, 2.24) is 9.97 Å². The van der Waals surface area contributed by atoms with Gasteiger partial charge in [0.05, 0.1) is 0 Å². The number of nitrogens with one attached hydrogen (secondary N) is 1. The maximum absolute atomic E-state index is 11.3. The lowest BCUT2D eigenvalue weighted by Gasteiger charge is -2.15. The molecule has 19 heavy (non-hydrogen) atoms. The minimum atomic E-state index is -0.0258. The van der Waals surface area contributed by atoms with Crippen molar-refractivity contribution < 1.29 is 0 Å². The van der Waals surface area contributed by atoms with Crippen LogP contribution in [0.15, 0.2) is 47.4 Å². The van der Waals surface area contributed by atoms with E-state index in [1.807, 2.05) is 30.5 Å². The van der Waals surface area contributed by atoms with Gasteiger partial charge in [0.2, 0.25) is 5.56 Å². The summed E-state index contributed by atoms with van der Waals surface area (Å²) in [6.45, 7) is 4.35. The summed E-state index contributed by atoms with van der Waals surface area (Å²) in [6.07, 6.45) is 3.94. The van der Waals surface area contributed by atoms with E-state index in [9.17, 15) is 4.79 Å². The number of nitrogens with zero attached hydrogens (tertiary/aromatic N) is 1. The van der Waals surface area contributed by atoms with Crippen LogP contribution >= 0.6 is 0 Å².